The zero-order valence-electron chi connectivity index (χ0n) is 4.79. The molecule has 0 aromatic carbocycles. The third kappa shape index (κ3) is 2.86. The van der Waals surface area contributed by atoms with Crippen LogP contribution in [0.25, 0.3) is 0 Å². The molecular weight excluding hydrogens is 152 g/mol. The second-order valence-electron chi connectivity index (χ2n) is 1.74. The molecule has 0 spiro atoms. The van der Waals surface area contributed by atoms with Crippen molar-refractivity contribution < 1.29 is 0 Å². The van der Waals surface area contributed by atoms with Crippen molar-refractivity contribution >= 4 is 15.9 Å². The van der Waals surface area contributed by atoms with E-state index in [2.05, 4.69) is 36.7 Å². The van der Waals surface area contributed by atoms with Gasteiger partial charge in [0.2, 0.25) is 0 Å². The third-order valence-electron chi connectivity index (χ3n) is 0.868. The van der Waals surface area contributed by atoms with Crippen LogP contribution in [0.2, 0.25) is 0 Å². The fraction of sp³-hybridized carbons (Fsp3) is 0.500. The van der Waals surface area contributed by atoms with Gasteiger partial charge in [0.15, 0.2) is 0 Å². The van der Waals surface area contributed by atoms with Gasteiger partial charge in [-0.2, -0.15) is 0 Å². The summed E-state index contributed by atoms with van der Waals surface area (Å²) in [6, 6.07) is 0. The molecule has 1 radical (unpaired) electrons. The van der Waals surface area contributed by atoms with Crippen molar-refractivity contribution in [2.45, 2.75) is 13.8 Å². The van der Waals surface area contributed by atoms with E-state index in [0.29, 0.717) is 0 Å². The Morgan fingerprint density at radius 1 is 1.57 bits per heavy atom. The fourth-order valence-corrected chi connectivity index (χ4v) is 0.694. The minimum atomic E-state index is 0.898. The normalized spacial score (nSPS) is 8.57. The Bertz CT molecular complexity index is 78.2. The first-order chi connectivity index (χ1) is 3.18. The first kappa shape index (κ1) is 7.22. The highest BCUT2D eigenvalue weighted by Crippen LogP contribution is 2.03. The Balaban J connectivity index is 3.72. The van der Waals surface area contributed by atoms with Crippen LogP contribution in [0.4, 0.5) is 0 Å². The van der Waals surface area contributed by atoms with Crippen molar-refractivity contribution in [2.24, 2.45) is 0 Å². The smallest absolute Gasteiger partial charge is 0.0244 e. The summed E-state index contributed by atoms with van der Waals surface area (Å²) < 4.78 is 0. The number of halogens is 1. The topological polar surface area (TPSA) is 0 Å². The monoisotopic (exact) mass is 161 g/mol. The molecular formula is C6H10Br. The lowest BCUT2D eigenvalue weighted by Crippen LogP contribution is -1.78. The highest BCUT2D eigenvalue weighted by atomic mass is 79.9. The van der Waals surface area contributed by atoms with Gasteiger partial charge >= 0.3 is 0 Å². The summed E-state index contributed by atoms with van der Waals surface area (Å²) in [4.78, 5) is 0. The summed E-state index contributed by atoms with van der Waals surface area (Å²) >= 11 is 3.29. The van der Waals surface area contributed by atoms with Gasteiger partial charge in [-0.15, -0.1) is 0 Å². The molecule has 41 valence electrons. The fourth-order valence-electron chi connectivity index (χ4n) is 0.134. The molecule has 0 aromatic heterocycles. The van der Waals surface area contributed by atoms with Crippen LogP contribution in [0.1, 0.15) is 13.8 Å². The molecule has 1 heteroatoms. The number of rotatable bonds is 1. The molecule has 0 aromatic rings. The van der Waals surface area contributed by atoms with Gasteiger partial charge < -0.3 is 0 Å². The van der Waals surface area contributed by atoms with E-state index >= 15 is 0 Å². The molecule has 0 rings (SSSR count). The standard InChI is InChI=1S/C6H10Br/c1-5(2)6(3)4-7/h3-4H2,1-2H3. The maximum absolute atomic E-state index is 3.79. The van der Waals surface area contributed by atoms with Crippen LogP contribution >= 0.6 is 15.9 Å². The van der Waals surface area contributed by atoms with Gasteiger partial charge in [-0.3, -0.25) is 0 Å². The van der Waals surface area contributed by atoms with Gasteiger partial charge in [0.25, 0.3) is 0 Å². The van der Waals surface area contributed by atoms with Crippen molar-refractivity contribution in [3.63, 3.8) is 0 Å². The lowest BCUT2D eigenvalue weighted by Gasteiger charge is -1.93. The number of allylic oxidation sites excluding steroid dienone is 2. The van der Waals surface area contributed by atoms with E-state index in [-0.39, 0.29) is 0 Å². The summed E-state index contributed by atoms with van der Waals surface area (Å²) in [6.45, 7) is 7.91. The first-order valence-electron chi connectivity index (χ1n) is 2.22. The molecule has 0 saturated carbocycles. The average Bonchev–Trinajstić information content (AvgIpc) is 1.65. The molecule has 0 bridgehead atoms. The molecule has 0 aliphatic carbocycles. The highest BCUT2D eigenvalue weighted by molar-refractivity contribution is 9.09. The van der Waals surface area contributed by atoms with E-state index in [4.69, 9.17) is 0 Å². The quantitative estimate of drug-likeness (QED) is 0.519. The molecule has 0 nitrogen and oxygen atoms in total. The molecule has 0 amide bonds. The summed E-state index contributed by atoms with van der Waals surface area (Å²) in [6.07, 6.45) is 0. The van der Waals surface area contributed by atoms with Crippen molar-refractivity contribution in [3.05, 3.63) is 18.1 Å². The Morgan fingerprint density at radius 3 is 2.00 bits per heavy atom. The molecule has 0 unspecified atom stereocenters. The van der Waals surface area contributed by atoms with Gasteiger partial charge in [-0.25, -0.2) is 0 Å². The van der Waals surface area contributed by atoms with E-state index in [1.807, 2.05) is 0 Å². The van der Waals surface area contributed by atoms with E-state index in [0.717, 1.165) is 5.33 Å². The zero-order valence-corrected chi connectivity index (χ0v) is 6.38. The van der Waals surface area contributed by atoms with E-state index in [1.54, 1.807) is 0 Å². The van der Waals surface area contributed by atoms with Crippen molar-refractivity contribution in [1.29, 1.82) is 0 Å². The molecule has 0 aliphatic heterocycles. The molecule has 0 N–H and O–H groups in total. The first-order valence-corrected chi connectivity index (χ1v) is 3.35. The van der Waals surface area contributed by atoms with E-state index in [1.165, 1.54) is 11.1 Å². The molecule has 0 aliphatic rings. The van der Waals surface area contributed by atoms with Crippen LogP contribution in [0.5, 0.6) is 0 Å². The number of hydrogen-bond donors (Lipinski definition) is 0. The molecule has 0 atom stereocenters. The summed E-state index contributed by atoms with van der Waals surface area (Å²) in [5.74, 6) is 0. The minimum Gasteiger partial charge on any atom is -0.0880 e. The van der Waals surface area contributed by atoms with Crippen LogP contribution in [0.15, 0.2) is 11.1 Å². The SMILES string of the molecule is [CH2]C(CBr)=C(C)C. The zero-order chi connectivity index (χ0) is 5.86. The predicted octanol–water partition coefficient (Wildman–Crippen LogP) is 2.55. The molecule has 0 heterocycles. The Kier molecular flexibility index (Phi) is 3.35. The van der Waals surface area contributed by atoms with Crippen molar-refractivity contribution in [3.8, 4) is 0 Å². The van der Waals surface area contributed by atoms with Crippen molar-refractivity contribution in [1.82, 2.24) is 0 Å². The number of hydrogen-bond acceptors (Lipinski definition) is 0. The molecule has 7 heavy (non-hydrogen) atoms. The third-order valence-corrected chi connectivity index (χ3v) is 1.55. The van der Waals surface area contributed by atoms with Gasteiger partial charge in [-0.1, -0.05) is 27.1 Å². The largest absolute Gasteiger partial charge is 0.0880 e. The van der Waals surface area contributed by atoms with Gasteiger partial charge in [0.1, 0.15) is 0 Å². The minimum absolute atomic E-state index is 0.898. The second kappa shape index (κ2) is 3.25. The lowest BCUT2D eigenvalue weighted by molar-refractivity contribution is 1.31. The van der Waals surface area contributed by atoms with Crippen LogP contribution in [-0.4, -0.2) is 5.33 Å². The average molecular weight is 162 g/mol. The predicted molar refractivity (Wildman–Crippen MR) is 37.5 cm³/mol. The summed E-state index contributed by atoms with van der Waals surface area (Å²) in [5.41, 5.74) is 2.48. The van der Waals surface area contributed by atoms with Crippen LogP contribution in [-0.2, 0) is 0 Å². The molecule has 0 fully saturated rings. The van der Waals surface area contributed by atoms with Gasteiger partial charge in [0, 0.05) is 5.33 Å². The second-order valence-corrected chi connectivity index (χ2v) is 2.30. The Morgan fingerprint density at radius 2 is 2.00 bits per heavy atom. The molecule has 0 saturated heterocycles. The van der Waals surface area contributed by atoms with E-state index in [9.17, 15) is 0 Å². The summed E-state index contributed by atoms with van der Waals surface area (Å²) in [5, 5.41) is 0.898. The van der Waals surface area contributed by atoms with Crippen LogP contribution in [0, 0.1) is 6.92 Å². The Hall–Kier alpha value is 0.220. The van der Waals surface area contributed by atoms with Gasteiger partial charge in [-0.05, 0) is 20.8 Å². The maximum Gasteiger partial charge on any atom is 0.0244 e. The highest BCUT2D eigenvalue weighted by Gasteiger charge is 1.84. The van der Waals surface area contributed by atoms with Crippen molar-refractivity contribution in [2.75, 3.05) is 5.33 Å². The lowest BCUT2D eigenvalue weighted by atomic mass is 10.2. The van der Waals surface area contributed by atoms with Crippen LogP contribution < -0.4 is 0 Å². The van der Waals surface area contributed by atoms with Crippen LogP contribution in [0.3, 0.4) is 0 Å². The Labute approximate surface area is 53.7 Å². The number of alkyl halides is 1. The van der Waals surface area contributed by atoms with Gasteiger partial charge in [0.05, 0.1) is 0 Å². The summed E-state index contributed by atoms with van der Waals surface area (Å²) in [7, 11) is 0. The van der Waals surface area contributed by atoms with E-state index < -0.39 is 0 Å². The maximum atomic E-state index is 3.79.